The third-order valence-corrected chi connectivity index (χ3v) is 4.09. The van der Waals surface area contributed by atoms with E-state index < -0.39 is 0 Å². The molecule has 1 atom stereocenters. The number of hydrogen-bond donors (Lipinski definition) is 0. The number of hydrogen-bond acceptors (Lipinski definition) is 4. The number of ether oxygens (including phenoxy) is 1. The van der Waals surface area contributed by atoms with Gasteiger partial charge in [0, 0.05) is 56.7 Å². The fourth-order valence-electron chi connectivity index (χ4n) is 3.04. The van der Waals surface area contributed by atoms with Gasteiger partial charge in [-0.05, 0) is 26.0 Å². The SMILES string of the molecule is CCOCC1CN(Cc2ccccn2)Cc2cn(CC)nc21. The number of aromatic nitrogens is 3. The van der Waals surface area contributed by atoms with Crippen LogP contribution in [0.2, 0.25) is 0 Å². The van der Waals surface area contributed by atoms with Crippen LogP contribution < -0.4 is 0 Å². The molecule has 118 valence electrons. The van der Waals surface area contributed by atoms with Crippen LogP contribution in [0.3, 0.4) is 0 Å². The summed E-state index contributed by atoms with van der Waals surface area (Å²) in [5.41, 5.74) is 3.66. The molecule has 0 fully saturated rings. The first-order chi connectivity index (χ1) is 10.8. The van der Waals surface area contributed by atoms with E-state index in [1.807, 2.05) is 29.9 Å². The van der Waals surface area contributed by atoms with Crippen molar-refractivity contribution < 1.29 is 4.74 Å². The van der Waals surface area contributed by atoms with Gasteiger partial charge in [-0.2, -0.15) is 5.10 Å². The Kier molecular flexibility index (Phi) is 4.85. The molecule has 0 N–H and O–H groups in total. The quantitative estimate of drug-likeness (QED) is 0.822. The predicted octanol–water partition coefficient (Wildman–Crippen LogP) is 2.43. The summed E-state index contributed by atoms with van der Waals surface area (Å²) in [6.07, 6.45) is 4.04. The molecule has 0 amide bonds. The van der Waals surface area contributed by atoms with Crippen molar-refractivity contribution in [3.8, 4) is 0 Å². The van der Waals surface area contributed by atoms with E-state index >= 15 is 0 Å². The van der Waals surface area contributed by atoms with E-state index in [4.69, 9.17) is 9.84 Å². The summed E-state index contributed by atoms with van der Waals surface area (Å²) in [6, 6.07) is 6.09. The van der Waals surface area contributed by atoms with Crippen LogP contribution in [0.1, 0.15) is 36.7 Å². The van der Waals surface area contributed by atoms with Crippen LogP contribution in [0, 0.1) is 0 Å². The zero-order valence-electron chi connectivity index (χ0n) is 13.4. The van der Waals surface area contributed by atoms with Gasteiger partial charge in [0.1, 0.15) is 0 Å². The summed E-state index contributed by atoms with van der Waals surface area (Å²) < 4.78 is 7.72. The Hall–Kier alpha value is -1.72. The molecule has 1 aliphatic rings. The molecule has 0 saturated carbocycles. The maximum Gasteiger partial charge on any atom is 0.0736 e. The molecule has 0 bridgehead atoms. The predicted molar refractivity (Wildman–Crippen MR) is 85.5 cm³/mol. The lowest BCUT2D eigenvalue weighted by molar-refractivity contribution is 0.103. The van der Waals surface area contributed by atoms with E-state index in [1.54, 1.807) is 0 Å². The minimum Gasteiger partial charge on any atom is -0.381 e. The molecule has 5 heteroatoms. The second-order valence-corrected chi connectivity index (χ2v) is 5.74. The molecule has 0 radical (unpaired) electrons. The van der Waals surface area contributed by atoms with E-state index in [2.05, 4.69) is 29.1 Å². The molecular formula is C17H24N4O. The average molecular weight is 300 g/mol. The van der Waals surface area contributed by atoms with Gasteiger partial charge in [-0.15, -0.1) is 0 Å². The summed E-state index contributed by atoms with van der Waals surface area (Å²) in [5.74, 6) is 0.347. The highest BCUT2D eigenvalue weighted by Crippen LogP contribution is 2.28. The van der Waals surface area contributed by atoms with Gasteiger partial charge in [0.15, 0.2) is 0 Å². The van der Waals surface area contributed by atoms with Crippen molar-refractivity contribution in [3.05, 3.63) is 47.5 Å². The number of fused-ring (bicyclic) bond motifs is 1. The van der Waals surface area contributed by atoms with Crippen molar-refractivity contribution in [2.75, 3.05) is 19.8 Å². The van der Waals surface area contributed by atoms with Gasteiger partial charge < -0.3 is 4.74 Å². The molecule has 1 unspecified atom stereocenters. The molecule has 3 rings (SSSR count). The van der Waals surface area contributed by atoms with Crippen molar-refractivity contribution in [1.82, 2.24) is 19.7 Å². The van der Waals surface area contributed by atoms with Gasteiger partial charge in [0.25, 0.3) is 0 Å². The van der Waals surface area contributed by atoms with Crippen molar-refractivity contribution in [2.24, 2.45) is 0 Å². The molecule has 22 heavy (non-hydrogen) atoms. The second-order valence-electron chi connectivity index (χ2n) is 5.74. The van der Waals surface area contributed by atoms with E-state index in [0.29, 0.717) is 5.92 Å². The molecule has 2 aromatic rings. The molecule has 2 aromatic heterocycles. The van der Waals surface area contributed by atoms with Gasteiger partial charge in [-0.1, -0.05) is 6.07 Å². The molecule has 1 aliphatic heterocycles. The van der Waals surface area contributed by atoms with Crippen LogP contribution in [0.25, 0.3) is 0 Å². The highest BCUT2D eigenvalue weighted by molar-refractivity contribution is 5.25. The van der Waals surface area contributed by atoms with E-state index in [-0.39, 0.29) is 0 Å². The zero-order valence-corrected chi connectivity index (χ0v) is 13.4. The molecule has 0 aliphatic carbocycles. The Bertz CT molecular complexity index is 596. The molecule has 0 spiro atoms. The smallest absolute Gasteiger partial charge is 0.0736 e. The van der Waals surface area contributed by atoms with Gasteiger partial charge >= 0.3 is 0 Å². The fourth-order valence-corrected chi connectivity index (χ4v) is 3.04. The third-order valence-electron chi connectivity index (χ3n) is 4.09. The lowest BCUT2D eigenvalue weighted by Crippen LogP contribution is -2.35. The van der Waals surface area contributed by atoms with Crippen LogP contribution in [-0.4, -0.2) is 39.4 Å². The number of nitrogens with zero attached hydrogens (tertiary/aromatic N) is 4. The average Bonchev–Trinajstić information content (AvgIpc) is 2.97. The minimum atomic E-state index is 0.347. The fraction of sp³-hybridized carbons (Fsp3) is 0.529. The van der Waals surface area contributed by atoms with Crippen molar-refractivity contribution in [2.45, 2.75) is 39.4 Å². The Morgan fingerprint density at radius 1 is 1.32 bits per heavy atom. The first-order valence-corrected chi connectivity index (χ1v) is 8.06. The molecule has 3 heterocycles. The van der Waals surface area contributed by atoms with Crippen LogP contribution in [-0.2, 0) is 24.4 Å². The Balaban J connectivity index is 1.77. The summed E-state index contributed by atoms with van der Waals surface area (Å²) in [6.45, 7) is 9.36. The highest BCUT2D eigenvalue weighted by atomic mass is 16.5. The van der Waals surface area contributed by atoms with Crippen LogP contribution in [0.15, 0.2) is 30.6 Å². The van der Waals surface area contributed by atoms with Crippen LogP contribution >= 0.6 is 0 Å². The molecular weight excluding hydrogens is 276 g/mol. The first kappa shape index (κ1) is 15.2. The lowest BCUT2D eigenvalue weighted by Gasteiger charge is -2.31. The summed E-state index contributed by atoms with van der Waals surface area (Å²) in [7, 11) is 0. The second kappa shape index (κ2) is 7.03. The van der Waals surface area contributed by atoms with E-state index in [9.17, 15) is 0 Å². The maximum absolute atomic E-state index is 5.68. The summed E-state index contributed by atoms with van der Waals surface area (Å²) in [5, 5.41) is 4.74. The maximum atomic E-state index is 5.68. The van der Waals surface area contributed by atoms with Crippen LogP contribution in [0.5, 0.6) is 0 Å². The standard InChI is InChI=1S/C17H24N4O/c1-3-21-11-14-9-20(12-16-7-5-6-8-18-16)10-15(13-22-4-2)17(14)19-21/h5-8,11,15H,3-4,9-10,12-13H2,1-2H3. The largest absolute Gasteiger partial charge is 0.381 e. The van der Waals surface area contributed by atoms with Gasteiger partial charge in [0.2, 0.25) is 0 Å². The number of aryl methyl sites for hydroxylation is 1. The van der Waals surface area contributed by atoms with Crippen molar-refractivity contribution in [1.29, 1.82) is 0 Å². The van der Waals surface area contributed by atoms with Crippen molar-refractivity contribution in [3.63, 3.8) is 0 Å². The number of pyridine rings is 1. The monoisotopic (exact) mass is 300 g/mol. The lowest BCUT2D eigenvalue weighted by atomic mass is 9.97. The topological polar surface area (TPSA) is 43.2 Å². The highest BCUT2D eigenvalue weighted by Gasteiger charge is 2.28. The Morgan fingerprint density at radius 3 is 2.95 bits per heavy atom. The Morgan fingerprint density at radius 2 is 2.23 bits per heavy atom. The first-order valence-electron chi connectivity index (χ1n) is 8.06. The molecule has 5 nitrogen and oxygen atoms in total. The third kappa shape index (κ3) is 3.36. The summed E-state index contributed by atoms with van der Waals surface area (Å²) in [4.78, 5) is 6.88. The zero-order chi connectivity index (χ0) is 15.4. The molecule has 0 aromatic carbocycles. The Labute approximate surface area is 131 Å². The molecule has 0 saturated heterocycles. The normalized spacial score (nSPS) is 18.4. The number of rotatable bonds is 6. The van der Waals surface area contributed by atoms with Crippen LogP contribution in [0.4, 0.5) is 0 Å². The van der Waals surface area contributed by atoms with Gasteiger partial charge in [0.05, 0.1) is 18.0 Å². The van der Waals surface area contributed by atoms with E-state index in [1.165, 1.54) is 11.3 Å². The van der Waals surface area contributed by atoms with E-state index in [0.717, 1.165) is 45.1 Å². The summed E-state index contributed by atoms with van der Waals surface area (Å²) >= 11 is 0. The minimum absolute atomic E-state index is 0.347. The van der Waals surface area contributed by atoms with Gasteiger partial charge in [-0.25, -0.2) is 0 Å². The van der Waals surface area contributed by atoms with Gasteiger partial charge in [-0.3, -0.25) is 14.6 Å². The van der Waals surface area contributed by atoms with Crippen molar-refractivity contribution >= 4 is 0 Å².